The number of hydrogen-bond donors (Lipinski definition) is 1. The van der Waals surface area contributed by atoms with Crippen LogP contribution in [0.3, 0.4) is 0 Å². The van der Waals surface area contributed by atoms with Crippen LogP contribution in [0.15, 0.2) is 41.2 Å². The number of aromatic nitrogens is 1. The molecule has 19 heavy (non-hydrogen) atoms. The van der Waals surface area contributed by atoms with E-state index in [0.717, 1.165) is 18.0 Å². The van der Waals surface area contributed by atoms with Gasteiger partial charge in [0.1, 0.15) is 0 Å². The summed E-state index contributed by atoms with van der Waals surface area (Å²) in [4.78, 5) is 0. The fourth-order valence-electron chi connectivity index (χ4n) is 2.41. The number of thiophene rings is 1. The molecule has 0 radical (unpaired) electrons. The number of halogens is 1. The maximum atomic E-state index is 6.12. The zero-order valence-electron chi connectivity index (χ0n) is 10.5. The molecule has 0 spiro atoms. The molecule has 2 nitrogen and oxygen atoms in total. The molecular weight excluding hydrogens is 276 g/mol. The first-order valence-corrected chi connectivity index (χ1v) is 7.58. The van der Waals surface area contributed by atoms with Gasteiger partial charge in [0.05, 0.1) is 5.52 Å². The molecule has 1 aromatic carbocycles. The van der Waals surface area contributed by atoms with E-state index in [1.54, 1.807) is 11.3 Å². The van der Waals surface area contributed by atoms with E-state index >= 15 is 0 Å². The minimum Gasteiger partial charge on any atom is -0.343 e. The van der Waals surface area contributed by atoms with Gasteiger partial charge in [-0.15, -0.1) is 0 Å². The Labute approximate surface area is 121 Å². The van der Waals surface area contributed by atoms with Gasteiger partial charge in [-0.05, 0) is 53.1 Å². The quantitative estimate of drug-likeness (QED) is 0.776. The molecular formula is C15H15ClN2S. The van der Waals surface area contributed by atoms with Crippen molar-refractivity contribution in [3.05, 3.63) is 57.4 Å². The fraction of sp³-hybridized carbons (Fsp3) is 0.200. The van der Waals surface area contributed by atoms with E-state index in [1.807, 2.05) is 12.1 Å². The second kappa shape index (κ2) is 5.37. The van der Waals surface area contributed by atoms with Crippen molar-refractivity contribution in [3.8, 4) is 0 Å². The Kier molecular flexibility index (Phi) is 3.60. The third-order valence-corrected chi connectivity index (χ3v) is 4.24. The summed E-state index contributed by atoms with van der Waals surface area (Å²) in [5.74, 6) is 0. The molecule has 0 saturated heterocycles. The van der Waals surface area contributed by atoms with Gasteiger partial charge in [0, 0.05) is 23.2 Å². The Balaban J connectivity index is 2.09. The highest BCUT2D eigenvalue weighted by Crippen LogP contribution is 2.26. The van der Waals surface area contributed by atoms with Gasteiger partial charge in [0.25, 0.3) is 0 Å². The van der Waals surface area contributed by atoms with E-state index in [-0.39, 0.29) is 0 Å². The standard InChI is InChI=1S/C15H15ClN2S/c16-13-1-2-14-12(3-5-17)9-18(15(14)7-13)8-11-4-6-19-10-11/h1-2,4,6-7,9-10H,3,5,8,17H2. The topological polar surface area (TPSA) is 30.9 Å². The summed E-state index contributed by atoms with van der Waals surface area (Å²) in [6.45, 7) is 1.55. The van der Waals surface area contributed by atoms with Crippen molar-refractivity contribution in [1.82, 2.24) is 4.57 Å². The van der Waals surface area contributed by atoms with E-state index in [1.165, 1.54) is 22.0 Å². The van der Waals surface area contributed by atoms with E-state index in [9.17, 15) is 0 Å². The summed E-state index contributed by atoms with van der Waals surface area (Å²) in [6, 6.07) is 8.22. The molecule has 0 unspecified atom stereocenters. The highest BCUT2D eigenvalue weighted by atomic mass is 35.5. The number of nitrogens with two attached hydrogens (primary N) is 1. The van der Waals surface area contributed by atoms with Crippen molar-refractivity contribution in [2.45, 2.75) is 13.0 Å². The van der Waals surface area contributed by atoms with Crippen molar-refractivity contribution in [2.24, 2.45) is 5.73 Å². The number of nitrogens with zero attached hydrogens (tertiary/aromatic N) is 1. The van der Waals surface area contributed by atoms with Gasteiger partial charge in [-0.1, -0.05) is 17.7 Å². The second-order valence-electron chi connectivity index (χ2n) is 4.61. The van der Waals surface area contributed by atoms with Gasteiger partial charge in [0.15, 0.2) is 0 Å². The zero-order chi connectivity index (χ0) is 13.2. The van der Waals surface area contributed by atoms with Gasteiger partial charge in [-0.25, -0.2) is 0 Å². The zero-order valence-corrected chi connectivity index (χ0v) is 12.0. The number of rotatable bonds is 4. The Bertz CT molecular complexity index is 686. The Morgan fingerprint density at radius 1 is 1.26 bits per heavy atom. The van der Waals surface area contributed by atoms with Gasteiger partial charge in [0.2, 0.25) is 0 Å². The van der Waals surface area contributed by atoms with Crippen LogP contribution in [0.25, 0.3) is 10.9 Å². The summed E-state index contributed by atoms with van der Waals surface area (Å²) >= 11 is 7.85. The maximum absolute atomic E-state index is 6.12. The van der Waals surface area contributed by atoms with Crippen LogP contribution in [0.4, 0.5) is 0 Å². The van der Waals surface area contributed by atoms with Crippen LogP contribution in [0.2, 0.25) is 5.02 Å². The molecule has 2 N–H and O–H groups in total. The molecule has 4 heteroatoms. The van der Waals surface area contributed by atoms with Gasteiger partial charge in [-0.2, -0.15) is 11.3 Å². The van der Waals surface area contributed by atoms with Crippen molar-refractivity contribution in [1.29, 1.82) is 0 Å². The van der Waals surface area contributed by atoms with E-state index < -0.39 is 0 Å². The number of fused-ring (bicyclic) bond motifs is 1. The molecule has 98 valence electrons. The third-order valence-electron chi connectivity index (χ3n) is 3.27. The highest BCUT2D eigenvalue weighted by Gasteiger charge is 2.09. The molecule has 0 aliphatic heterocycles. The summed E-state index contributed by atoms with van der Waals surface area (Å²) < 4.78 is 2.26. The van der Waals surface area contributed by atoms with Crippen LogP contribution in [-0.2, 0) is 13.0 Å². The lowest BCUT2D eigenvalue weighted by Crippen LogP contribution is -2.02. The molecule has 0 aliphatic rings. The Morgan fingerprint density at radius 2 is 2.16 bits per heavy atom. The van der Waals surface area contributed by atoms with Gasteiger partial charge < -0.3 is 10.3 Å². The molecule has 0 saturated carbocycles. The molecule has 0 atom stereocenters. The summed E-state index contributed by atoms with van der Waals surface area (Å²) in [7, 11) is 0. The van der Waals surface area contributed by atoms with Crippen molar-refractivity contribution < 1.29 is 0 Å². The number of benzene rings is 1. The maximum Gasteiger partial charge on any atom is 0.0501 e. The molecule has 2 aromatic heterocycles. The average Bonchev–Trinajstić information content (AvgIpc) is 3.00. The van der Waals surface area contributed by atoms with Crippen LogP contribution >= 0.6 is 22.9 Å². The largest absolute Gasteiger partial charge is 0.343 e. The fourth-order valence-corrected chi connectivity index (χ4v) is 3.23. The lowest BCUT2D eigenvalue weighted by atomic mass is 10.1. The minimum atomic E-state index is 0.667. The molecule has 0 bridgehead atoms. The number of hydrogen-bond acceptors (Lipinski definition) is 2. The monoisotopic (exact) mass is 290 g/mol. The first-order chi connectivity index (χ1) is 9.28. The summed E-state index contributed by atoms with van der Waals surface area (Å²) in [6.07, 6.45) is 3.10. The van der Waals surface area contributed by atoms with Gasteiger partial charge in [-0.3, -0.25) is 0 Å². The first-order valence-electron chi connectivity index (χ1n) is 6.26. The van der Waals surface area contributed by atoms with E-state index in [2.05, 4.69) is 33.7 Å². The smallest absolute Gasteiger partial charge is 0.0501 e. The third kappa shape index (κ3) is 2.54. The summed E-state index contributed by atoms with van der Waals surface area (Å²) in [5, 5.41) is 6.31. The Hall–Kier alpha value is -1.29. The van der Waals surface area contributed by atoms with Crippen LogP contribution in [0.1, 0.15) is 11.1 Å². The van der Waals surface area contributed by atoms with E-state index in [4.69, 9.17) is 17.3 Å². The normalized spacial score (nSPS) is 11.3. The molecule has 3 aromatic rings. The SMILES string of the molecule is NCCc1cn(Cc2ccsc2)c2cc(Cl)ccc12. The summed E-state index contributed by atoms with van der Waals surface area (Å²) in [5.41, 5.74) is 9.49. The minimum absolute atomic E-state index is 0.667. The van der Waals surface area contributed by atoms with Crippen molar-refractivity contribution >= 4 is 33.8 Å². The molecule has 0 fully saturated rings. The van der Waals surface area contributed by atoms with E-state index in [0.29, 0.717) is 6.54 Å². The molecule has 0 amide bonds. The molecule has 0 aliphatic carbocycles. The van der Waals surface area contributed by atoms with Crippen LogP contribution in [0, 0.1) is 0 Å². The van der Waals surface area contributed by atoms with Crippen molar-refractivity contribution in [2.75, 3.05) is 6.54 Å². The average molecular weight is 291 g/mol. The van der Waals surface area contributed by atoms with Crippen LogP contribution in [-0.4, -0.2) is 11.1 Å². The predicted molar refractivity (Wildman–Crippen MR) is 83.1 cm³/mol. The van der Waals surface area contributed by atoms with Gasteiger partial charge >= 0.3 is 0 Å². The Morgan fingerprint density at radius 3 is 2.89 bits per heavy atom. The lowest BCUT2D eigenvalue weighted by Gasteiger charge is -2.03. The highest BCUT2D eigenvalue weighted by molar-refractivity contribution is 7.07. The predicted octanol–water partition coefficient (Wildman–Crippen LogP) is 3.91. The van der Waals surface area contributed by atoms with Crippen LogP contribution < -0.4 is 5.73 Å². The first kappa shape index (κ1) is 12.7. The molecule has 3 rings (SSSR count). The van der Waals surface area contributed by atoms with Crippen LogP contribution in [0.5, 0.6) is 0 Å². The molecule has 2 heterocycles. The van der Waals surface area contributed by atoms with Crippen molar-refractivity contribution in [3.63, 3.8) is 0 Å². The second-order valence-corrected chi connectivity index (χ2v) is 5.83. The lowest BCUT2D eigenvalue weighted by molar-refractivity contribution is 0.830.